The Morgan fingerprint density at radius 2 is 2.71 bits per heavy atom. The maximum atomic E-state index is 7.86. The maximum absolute atomic E-state index is 7.86. The lowest BCUT2D eigenvalue weighted by molar-refractivity contribution is -0.141. The zero-order valence-corrected chi connectivity index (χ0v) is 3.46. The van der Waals surface area contributed by atoms with Crippen LogP contribution in [-0.2, 0) is 0 Å². The van der Waals surface area contributed by atoms with E-state index in [1.165, 1.54) is 12.5 Å². The molecule has 0 unspecified atom stereocenters. The second-order valence-corrected chi connectivity index (χ2v) is 1.01. The van der Waals surface area contributed by atoms with Crippen molar-refractivity contribution in [3.05, 3.63) is 12.5 Å². The van der Waals surface area contributed by atoms with Crippen molar-refractivity contribution in [2.75, 3.05) is 0 Å². The molecule has 4 nitrogen and oxygen atoms in total. The van der Waals surface area contributed by atoms with E-state index >= 15 is 0 Å². The van der Waals surface area contributed by atoms with Crippen LogP contribution < -0.4 is 4.89 Å². The van der Waals surface area contributed by atoms with E-state index in [-0.39, 0.29) is 5.88 Å². The first kappa shape index (κ1) is 4.14. The fraction of sp³-hybridized carbons (Fsp3) is 0. The van der Waals surface area contributed by atoms with Crippen molar-refractivity contribution in [1.82, 2.24) is 9.97 Å². The van der Waals surface area contributed by atoms with Gasteiger partial charge in [-0.2, -0.15) is 0 Å². The predicted octanol–water partition coefficient (Wildman–Crippen LogP) is 0.261. The van der Waals surface area contributed by atoms with E-state index < -0.39 is 0 Å². The first-order chi connectivity index (χ1) is 3.43. The fourth-order valence-electron chi connectivity index (χ4n) is 0.293. The summed E-state index contributed by atoms with van der Waals surface area (Å²) >= 11 is 0. The summed E-state index contributed by atoms with van der Waals surface area (Å²) in [7, 11) is 0. The molecule has 0 aromatic carbocycles. The van der Waals surface area contributed by atoms with Crippen molar-refractivity contribution in [2.45, 2.75) is 0 Å². The molecule has 1 aromatic rings. The standard InChI is InChI=1S/C3H4N2O2/c6-7-3-1-4-2-5-3/h1-2,6H,(H,4,5). The molecule has 0 saturated carbocycles. The van der Waals surface area contributed by atoms with Crippen molar-refractivity contribution in [3.8, 4) is 5.88 Å². The van der Waals surface area contributed by atoms with Gasteiger partial charge in [0.25, 0.3) is 5.88 Å². The molecule has 7 heavy (non-hydrogen) atoms. The van der Waals surface area contributed by atoms with Gasteiger partial charge in [0.2, 0.25) is 0 Å². The number of rotatable bonds is 1. The minimum Gasteiger partial charge on any atom is -0.320 e. The van der Waals surface area contributed by atoms with Crippen LogP contribution in [0.5, 0.6) is 5.88 Å². The monoisotopic (exact) mass is 100 g/mol. The summed E-state index contributed by atoms with van der Waals surface area (Å²) in [5.41, 5.74) is 0. The molecule has 0 atom stereocenters. The van der Waals surface area contributed by atoms with Gasteiger partial charge in [0.05, 0.1) is 12.5 Å². The molecule has 1 heterocycles. The van der Waals surface area contributed by atoms with Crippen LogP contribution in [0.25, 0.3) is 0 Å². The highest BCUT2D eigenvalue weighted by Crippen LogP contribution is 1.97. The summed E-state index contributed by atoms with van der Waals surface area (Å²) in [6.07, 6.45) is 2.77. The third kappa shape index (κ3) is 0.690. The minimum atomic E-state index is 0.250. The summed E-state index contributed by atoms with van der Waals surface area (Å²) in [6, 6.07) is 0. The van der Waals surface area contributed by atoms with Crippen LogP contribution in [0.2, 0.25) is 0 Å². The quantitative estimate of drug-likeness (QED) is 0.393. The molecular formula is C3H4N2O2. The van der Waals surface area contributed by atoms with Crippen molar-refractivity contribution >= 4 is 0 Å². The predicted molar refractivity (Wildman–Crippen MR) is 21.8 cm³/mol. The van der Waals surface area contributed by atoms with Crippen LogP contribution in [0.15, 0.2) is 12.5 Å². The topological polar surface area (TPSA) is 58.1 Å². The molecule has 0 radical (unpaired) electrons. The Hall–Kier alpha value is -1.03. The van der Waals surface area contributed by atoms with Crippen LogP contribution >= 0.6 is 0 Å². The summed E-state index contributed by atoms with van der Waals surface area (Å²) in [4.78, 5) is 9.79. The van der Waals surface area contributed by atoms with E-state index in [4.69, 9.17) is 5.26 Å². The number of hydrogen-bond donors (Lipinski definition) is 2. The number of aromatic amines is 1. The minimum absolute atomic E-state index is 0.250. The van der Waals surface area contributed by atoms with E-state index in [9.17, 15) is 0 Å². The summed E-state index contributed by atoms with van der Waals surface area (Å²) < 4.78 is 0. The second-order valence-electron chi connectivity index (χ2n) is 1.01. The number of nitrogens with one attached hydrogen (secondary N) is 1. The molecule has 0 aliphatic rings. The molecule has 0 amide bonds. The second kappa shape index (κ2) is 1.61. The summed E-state index contributed by atoms with van der Waals surface area (Å²) in [5.74, 6) is 0.250. The largest absolute Gasteiger partial charge is 0.320 e. The Labute approximate surface area is 39.7 Å². The third-order valence-electron chi connectivity index (χ3n) is 0.571. The average Bonchev–Trinajstić information content (AvgIpc) is 2.14. The van der Waals surface area contributed by atoms with Crippen LogP contribution in [-0.4, -0.2) is 15.2 Å². The molecule has 1 rings (SSSR count). The van der Waals surface area contributed by atoms with E-state index in [1.54, 1.807) is 0 Å². The molecule has 1 aromatic heterocycles. The van der Waals surface area contributed by atoms with Gasteiger partial charge < -0.3 is 9.87 Å². The Bertz CT molecular complexity index is 125. The van der Waals surface area contributed by atoms with Gasteiger partial charge in [-0.3, -0.25) is 0 Å². The van der Waals surface area contributed by atoms with Crippen molar-refractivity contribution in [2.24, 2.45) is 0 Å². The molecule has 0 aliphatic carbocycles. The van der Waals surface area contributed by atoms with Gasteiger partial charge in [0.15, 0.2) is 0 Å². The lowest BCUT2D eigenvalue weighted by Gasteiger charge is -1.82. The number of nitrogens with zero attached hydrogens (tertiary/aromatic N) is 1. The van der Waals surface area contributed by atoms with Gasteiger partial charge in [-0.1, -0.05) is 0 Å². The highest BCUT2D eigenvalue weighted by molar-refractivity contribution is 4.98. The Balaban J connectivity index is 2.76. The molecule has 0 spiro atoms. The van der Waals surface area contributed by atoms with Crippen molar-refractivity contribution in [3.63, 3.8) is 0 Å². The van der Waals surface area contributed by atoms with E-state index in [1.807, 2.05) is 0 Å². The number of hydrogen-bond acceptors (Lipinski definition) is 3. The molecule has 0 aliphatic heterocycles. The van der Waals surface area contributed by atoms with E-state index in [0.29, 0.717) is 0 Å². The van der Waals surface area contributed by atoms with Gasteiger partial charge in [0, 0.05) is 0 Å². The smallest absolute Gasteiger partial charge is 0.253 e. The first-order valence-electron chi connectivity index (χ1n) is 1.73. The third-order valence-corrected chi connectivity index (χ3v) is 0.571. The molecule has 2 N–H and O–H groups in total. The lowest BCUT2D eigenvalue weighted by Crippen LogP contribution is -1.80. The van der Waals surface area contributed by atoms with Crippen LogP contribution in [0, 0.1) is 0 Å². The van der Waals surface area contributed by atoms with Crippen molar-refractivity contribution in [1.29, 1.82) is 0 Å². The Morgan fingerprint density at radius 3 is 3.00 bits per heavy atom. The number of aromatic nitrogens is 2. The average molecular weight is 100 g/mol. The molecule has 4 heteroatoms. The zero-order valence-electron chi connectivity index (χ0n) is 3.46. The molecule has 0 bridgehead atoms. The lowest BCUT2D eigenvalue weighted by atomic mass is 10.9. The molecular weight excluding hydrogens is 96.0 g/mol. The molecule has 0 saturated heterocycles. The maximum Gasteiger partial charge on any atom is 0.253 e. The number of H-pyrrole nitrogens is 1. The van der Waals surface area contributed by atoms with Gasteiger partial charge >= 0.3 is 0 Å². The summed E-state index contributed by atoms with van der Waals surface area (Å²) in [5, 5.41) is 7.86. The SMILES string of the molecule is OOc1cnc[nH]1. The zero-order chi connectivity index (χ0) is 5.11. The first-order valence-corrected chi connectivity index (χ1v) is 1.73. The molecule has 0 fully saturated rings. The van der Waals surface area contributed by atoms with Gasteiger partial charge in [-0.25, -0.2) is 10.2 Å². The van der Waals surface area contributed by atoms with Gasteiger partial charge in [-0.15, -0.1) is 0 Å². The van der Waals surface area contributed by atoms with Gasteiger partial charge in [-0.05, 0) is 0 Å². The highest BCUT2D eigenvalue weighted by atomic mass is 17.1. The van der Waals surface area contributed by atoms with Crippen molar-refractivity contribution < 1.29 is 10.1 Å². The fourth-order valence-corrected chi connectivity index (χ4v) is 0.293. The van der Waals surface area contributed by atoms with E-state index in [0.717, 1.165) is 0 Å². The Morgan fingerprint density at radius 1 is 1.86 bits per heavy atom. The van der Waals surface area contributed by atoms with E-state index in [2.05, 4.69) is 14.9 Å². The van der Waals surface area contributed by atoms with Crippen LogP contribution in [0.4, 0.5) is 0 Å². The summed E-state index contributed by atoms with van der Waals surface area (Å²) in [6.45, 7) is 0. The Kier molecular flexibility index (Phi) is 0.953. The normalized spacial score (nSPS) is 8.71. The van der Waals surface area contributed by atoms with Gasteiger partial charge in [0.1, 0.15) is 0 Å². The van der Waals surface area contributed by atoms with Crippen LogP contribution in [0.1, 0.15) is 0 Å². The highest BCUT2D eigenvalue weighted by Gasteiger charge is 1.85. The van der Waals surface area contributed by atoms with Crippen LogP contribution in [0.3, 0.4) is 0 Å². The molecule has 38 valence electrons. The number of imidazole rings is 1.